The van der Waals surface area contributed by atoms with Crippen LogP contribution < -0.4 is 10.6 Å². The highest BCUT2D eigenvalue weighted by Crippen LogP contribution is 2.05. The van der Waals surface area contributed by atoms with Gasteiger partial charge in [-0.05, 0) is 25.1 Å². The number of hydrogen-bond donors (Lipinski definition) is 2. The van der Waals surface area contributed by atoms with Crippen LogP contribution in [0.4, 0.5) is 0 Å². The zero-order valence-electron chi connectivity index (χ0n) is 10.8. The molecule has 1 aromatic carbocycles. The molecule has 20 heavy (non-hydrogen) atoms. The zero-order chi connectivity index (χ0) is 13.1. The Morgan fingerprint density at radius 1 is 1.35 bits per heavy atom. The number of aromatic nitrogens is 3. The SMILES string of the molecule is Cl.O=C(NC1CCNC1)c1cnn(-c2ccccc2)n1. The molecule has 0 saturated carbocycles. The van der Waals surface area contributed by atoms with E-state index in [0.29, 0.717) is 5.69 Å². The van der Waals surface area contributed by atoms with Crippen molar-refractivity contribution in [2.24, 2.45) is 0 Å². The van der Waals surface area contributed by atoms with Crippen LogP contribution in [0.5, 0.6) is 0 Å². The minimum atomic E-state index is -0.170. The van der Waals surface area contributed by atoms with Gasteiger partial charge in [0.05, 0.1) is 11.9 Å². The lowest BCUT2D eigenvalue weighted by atomic mass is 10.2. The Morgan fingerprint density at radius 2 is 2.15 bits per heavy atom. The van der Waals surface area contributed by atoms with E-state index in [2.05, 4.69) is 20.8 Å². The Balaban J connectivity index is 0.00000147. The molecule has 106 valence electrons. The van der Waals surface area contributed by atoms with E-state index in [0.717, 1.165) is 25.2 Å². The predicted molar refractivity (Wildman–Crippen MR) is 77.3 cm³/mol. The van der Waals surface area contributed by atoms with Gasteiger partial charge in [0, 0.05) is 12.6 Å². The van der Waals surface area contributed by atoms with Crippen LogP contribution in [0, 0.1) is 0 Å². The number of halogens is 1. The van der Waals surface area contributed by atoms with Crippen molar-refractivity contribution in [3.63, 3.8) is 0 Å². The van der Waals surface area contributed by atoms with Gasteiger partial charge >= 0.3 is 0 Å². The fourth-order valence-electron chi connectivity index (χ4n) is 2.09. The minimum absolute atomic E-state index is 0. The Labute approximate surface area is 123 Å². The molecule has 1 saturated heterocycles. The summed E-state index contributed by atoms with van der Waals surface area (Å²) in [5, 5.41) is 14.5. The zero-order valence-corrected chi connectivity index (χ0v) is 11.6. The number of rotatable bonds is 3. The third kappa shape index (κ3) is 3.15. The first-order chi connectivity index (χ1) is 9.33. The second kappa shape index (κ2) is 6.49. The first-order valence-corrected chi connectivity index (χ1v) is 6.32. The average molecular weight is 294 g/mol. The van der Waals surface area contributed by atoms with Gasteiger partial charge in [0.1, 0.15) is 0 Å². The molecule has 1 aromatic heterocycles. The van der Waals surface area contributed by atoms with E-state index in [1.54, 1.807) is 0 Å². The van der Waals surface area contributed by atoms with Crippen LogP contribution in [0.15, 0.2) is 36.5 Å². The molecule has 1 fully saturated rings. The molecule has 2 N–H and O–H groups in total. The van der Waals surface area contributed by atoms with Crippen molar-refractivity contribution in [3.05, 3.63) is 42.2 Å². The summed E-state index contributed by atoms with van der Waals surface area (Å²) in [5.41, 5.74) is 1.18. The van der Waals surface area contributed by atoms with E-state index in [4.69, 9.17) is 0 Å². The summed E-state index contributed by atoms with van der Waals surface area (Å²) >= 11 is 0. The summed E-state index contributed by atoms with van der Waals surface area (Å²) in [6.45, 7) is 1.76. The number of amides is 1. The highest BCUT2D eigenvalue weighted by atomic mass is 35.5. The Kier molecular flexibility index (Phi) is 4.70. The maximum absolute atomic E-state index is 12.0. The number of hydrogen-bond acceptors (Lipinski definition) is 4. The van der Waals surface area contributed by atoms with E-state index >= 15 is 0 Å². The van der Waals surface area contributed by atoms with Gasteiger partial charge in [0.2, 0.25) is 0 Å². The molecular formula is C13H16ClN5O. The van der Waals surface area contributed by atoms with Gasteiger partial charge in [0.15, 0.2) is 5.69 Å². The summed E-state index contributed by atoms with van der Waals surface area (Å²) in [5.74, 6) is -0.170. The van der Waals surface area contributed by atoms with Crippen molar-refractivity contribution in [1.29, 1.82) is 0 Å². The normalized spacial score (nSPS) is 17.5. The molecule has 0 aliphatic carbocycles. The van der Waals surface area contributed by atoms with E-state index in [1.807, 2.05) is 30.3 Å². The van der Waals surface area contributed by atoms with Crippen molar-refractivity contribution >= 4 is 18.3 Å². The molecule has 1 aliphatic heterocycles. The third-order valence-corrected chi connectivity index (χ3v) is 3.11. The monoisotopic (exact) mass is 293 g/mol. The molecular weight excluding hydrogens is 278 g/mol. The average Bonchev–Trinajstić information content (AvgIpc) is 3.10. The van der Waals surface area contributed by atoms with E-state index < -0.39 is 0 Å². The second-order valence-electron chi connectivity index (χ2n) is 4.52. The first-order valence-electron chi connectivity index (χ1n) is 6.32. The van der Waals surface area contributed by atoms with Gasteiger partial charge in [-0.15, -0.1) is 17.5 Å². The van der Waals surface area contributed by atoms with Crippen LogP contribution in [-0.4, -0.2) is 40.0 Å². The van der Waals surface area contributed by atoms with Gasteiger partial charge in [-0.2, -0.15) is 9.90 Å². The fourth-order valence-corrected chi connectivity index (χ4v) is 2.09. The van der Waals surface area contributed by atoms with Gasteiger partial charge < -0.3 is 10.6 Å². The molecule has 3 rings (SSSR count). The summed E-state index contributed by atoms with van der Waals surface area (Å²) in [4.78, 5) is 13.5. The quantitative estimate of drug-likeness (QED) is 0.877. The van der Waals surface area contributed by atoms with Crippen LogP contribution in [-0.2, 0) is 0 Å². The smallest absolute Gasteiger partial charge is 0.273 e. The van der Waals surface area contributed by atoms with Crippen LogP contribution in [0.2, 0.25) is 0 Å². The van der Waals surface area contributed by atoms with E-state index in [9.17, 15) is 4.79 Å². The molecule has 2 heterocycles. The lowest BCUT2D eigenvalue weighted by Gasteiger charge is -2.08. The molecule has 0 spiro atoms. The number of benzene rings is 1. The van der Waals surface area contributed by atoms with E-state index in [1.165, 1.54) is 11.0 Å². The summed E-state index contributed by atoms with van der Waals surface area (Å²) < 4.78 is 0. The van der Waals surface area contributed by atoms with Crippen LogP contribution in [0.1, 0.15) is 16.9 Å². The lowest BCUT2D eigenvalue weighted by molar-refractivity contribution is 0.0934. The lowest BCUT2D eigenvalue weighted by Crippen LogP contribution is -2.36. The number of nitrogens with zero attached hydrogens (tertiary/aromatic N) is 3. The van der Waals surface area contributed by atoms with Gasteiger partial charge in [-0.3, -0.25) is 4.79 Å². The molecule has 2 aromatic rings. The number of nitrogens with one attached hydrogen (secondary N) is 2. The van der Waals surface area contributed by atoms with Gasteiger partial charge in [-0.1, -0.05) is 18.2 Å². The van der Waals surface area contributed by atoms with Crippen LogP contribution in [0.3, 0.4) is 0 Å². The Bertz CT molecular complexity index is 565. The molecule has 1 unspecified atom stereocenters. The van der Waals surface area contributed by atoms with E-state index in [-0.39, 0.29) is 24.4 Å². The maximum atomic E-state index is 12.0. The summed E-state index contributed by atoms with van der Waals surface area (Å²) in [7, 11) is 0. The maximum Gasteiger partial charge on any atom is 0.273 e. The van der Waals surface area contributed by atoms with Crippen LogP contribution >= 0.6 is 12.4 Å². The molecule has 1 atom stereocenters. The topological polar surface area (TPSA) is 71.8 Å². The molecule has 1 aliphatic rings. The molecule has 7 heteroatoms. The highest BCUT2D eigenvalue weighted by molar-refractivity contribution is 5.92. The van der Waals surface area contributed by atoms with Gasteiger partial charge in [0.25, 0.3) is 5.91 Å². The van der Waals surface area contributed by atoms with Crippen molar-refractivity contribution in [2.45, 2.75) is 12.5 Å². The van der Waals surface area contributed by atoms with Crippen molar-refractivity contribution in [3.8, 4) is 5.69 Å². The number of para-hydroxylation sites is 1. The third-order valence-electron chi connectivity index (χ3n) is 3.11. The summed E-state index contributed by atoms with van der Waals surface area (Å²) in [6, 6.07) is 9.71. The number of carbonyl (C=O) groups is 1. The van der Waals surface area contributed by atoms with Gasteiger partial charge in [-0.25, -0.2) is 0 Å². The van der Waals surface area contributed by atoms with Crippen LogP contribution in [0.25, 0.3) is 5.69 Å². The Hall–Kier alpha value is -1.92. The summed E-state index contributed by atoms with van der Waals surface area (Å²) in [6.07, 6.45) is 2.45. The van der Waals surface area contributed by atoms with Crippen molar-refractivity contribution in [1.82, 2.24) is 25.6 Å². The fraction of sp³-hybridized carbons (Fsp3) is 0.308. The largest absolute Gasteiger partial charge is 0.347 e. The molecule has 1 amide bonds. The number of carbonyl (C=O) groups excluding carboxylic acids is 1. The predicted octanol–water partition coefficient (Wildman–Crippen LogP) is 0.781. The Morgan fingerprint density at radius 3 is 2.85 bits per heavy atom. The first kappa shape index (κ1) is 14.5. The second-order valence-corrected chi connectivity index (χ2v) is 4.52. The molecule has 0 bridgehead atoms. The van der Waals surface area contributed by atoms with Crippen molar-refractivity contribution in [2.75, 3.05) is 13.1 Å². The molecule has 6 nitrogen and oxygen atoms in total. The standard InChI is InChI=1S/C13H15N5O.ClH/c19-13(16-10-6-7-14-8-10)12-9-15-18(17-12)11-4-2-1-3-5-11;/h1-5,9-10,14H,6-8H2,(H,16,19);1H. The minimum Gasteiger partial charge on any atom is -0.347 e. The van der Waals surface area contributed by atoms with Crippen molar-refractivity contribution < 1.29 is 4.79 Å². The highest BCUT2D eigenvalue weighted by Gasteiger charge is 2.19. The molecule has 0 radical (unpaired) electrons.